The van der Waals surface area contributed by atoms with Crippen molar-refractivity contribution in [2.24, 2.45) is 5.92 Å². The molecule has 0 bridgehead atoms. The van der Waals surface area contributed by atoms with Gasteiger partial charge in [0.2, 0.25) is 0 Å². The number of carbonyl (C=O) groups excluding carboxylic acids is 1. The molecule has 1 aromatic rings. The Bertz CT molecular complexity index is 514. The van der Waals surface area contributed by atoms with E-state index in [4.69, 9.17) is 10.5 Å². The summed E-state index contributed by atoms with van der Waals surface area (Å²) in [7, 11) is 0. The third kappa shape index (κ3) is 3.41. The van der Waals surface area contributed by atoms with Crippen molar-refractivity contribution in [1.82, 2.24) is 10.3 Å². The number of nitrogens with zero attached hydrogens (tertiary/aromatic N) is 2. The summed E-state index contributed by atoms with van der Waals surface area (Å²) in [6.07, 6.45) is 2.99. The Morgan fingerprint density at radius 1 is 1.65 bits per heavy atom. The number of pyridine rings is 1. The highest BCUT2D eigenvalue weighted by Crippen LogP contribution is 2.17. The molecule has 2 heterocycles. The second kappa shape index (κ2) is 6.29. The molecule has 1 unspecified atom stereocenters. The molecule has 8 nitrogen and oxygen atoms in total. The largest absolute Gasteiger partial charge is 0.383 e. The van der Waals surface area contributed by atoms with E-state index < -0.39 is 10.8 Å². The van der Waals surface area contributed by atoms with Crippen LogP contribution in [0.25, 0.3) is 0 Å². The predicted octanol–water partition coefficient (Wildman–Crippen LogP) is 0.728. The van der Waals surface area contributed by atoms with E-state index in [2.05, 4.69) is 10.3 Å². The topological polar surface area (TPSA) is 120 Å². The summed E-state index contributed by atoms with van der Waals surface area (Å²) in [6.45, 7) is 1.83. The maximum Gasteiger partial charge on any atom is 0.288 e. The molecule has 1 aliphatic rings. The fraction of sp³-hybridized carbons (Fsp3) is 0.500. The highest BCUT2D eigenvalue weighted by Gasteiger charge is 2.19. The zero-order valence-electron chi connectivity index (χ0n) is 10.9. The number of carbonyl (C=O) groups is 1. The van der Waals surface area contributed by atoms with E-state index in [1.54, 1.807) is 0 Å². The van der Waals surface area contributed by atoms with Gasteiger partial charge in [0.05, 0.1) is 17.1 Å². The van der Waals surface area contributed by atoms with E-state index in [1.807, 2.05) is 0 Å². The molecule has 0 aromatic carbocycles. The Balaban J connectivity index is 2.00. The molecule has 3 N–H and O–H groups in total. The Labute approximate surface area is 115 Å². The lowest BCUT2D eigenvalue weighted by Gasteiger charge is -2.22. The van der Waals surface area contributed by atoms with Crippen molar-refractivity contribution in [3.8, 4) is 0 Å². The molecule has 1 aromatic heterocycles. The van der Waals surface area contributed by atoms with Crippen LogP contribution in [0.2, 0.25) is 0 Å². The summed E-state index contributed by atoms with van der Waals surface area (Å²) in [5, 5.41) is 13.4. The van der Waals surface area contributed by atoms with Crippen LogP contribution in [0.15, 0.2) is 12.3 Å². The standard InChI is InChI=1S/C12H16N4O4/c13-11-10(4-9(6-14-11)16(18)19)12(17)15-5-8-2-1-3-20-7-8/h4,6,8H,1-3,5,7H2,(H2,13,14)(H,15,17). The maximum atomic E-state index is 12.0. The van der Waals surface area contributed by atoms with E-state index in [1.165, 1.54) is 0 Å². The summed E-state index contributed by atoms with van der Waals surface area (Å²) in [6, 6.07) is 1.13. The van der Waals surface area contributed by atoms with Crippen molar-refractivity contribution in [1.29, 1.82) is 0 Å². The first-order valence-electron chi connectivity index (χ1n) is 6.34. The molecule has 0 spiro atoms. The first kappa shape index (κ1) is 14.2. The third-order valence-corrected chi connectivity index (χ3v) is 3.17. The smallest absolute Gasteiger partial charge is 0.288 e. The van der Waals surface area contributed by atoms with Crippen molar-refractivity contribution >= 4 is 17.4 Å². The fourth-order valence-corrected chi connectivity index (χ4v) is 2.05. The lowest BCUT2D eigenvalue weighted by molar-refractivity contribution is -0.385. The number of nitrogens with two attached hydrogens (primary N) is 1. The van der Waals surface area contributed by atoms with Gasteiger partial charge in [0.1, 0.15) is 12.0 Å². The lowest BCUT2D eigenvalue weighted by atomic mass is 10.0. The number of nitro groups is 1. The predicted molar refractivity (Wildman–Crippen MR) is 71.2 cm³/mol. The van der Waals surface area contributed by atoms with Crippen molar-refractivity contribution in [3.63, 3.8) is 0 Å². The molecule has 1 amide bonds. The van der Waals surface area contributed by atoms with E-state index >= 15 is 0 Å². The summed E-state index contributed by atoms with van der Waals surface area (Å²) < 4.78 is 5.32. The SMILES string of the molecule is Nc1ncc([N+](=O)[O-])cc1C(=O)NCC1CCCOC1. The molecule has 0 aliphatic carbocycles. The second-order valence-corrected chi connectivity index (χ2v) is 4.68. The Hall–Kier alpha value is -2.22. The molecule has 1 fully saturated rings. The Morgan fingerprint density at radius 3 is 3.10 bits per heavy atom. The van der Waals surface area contributed by atoms with Crippen LogP contribution in [0.4, 0.5) is 11.5 Å². The van der Waals surface area contributed by atoms with Crippen LogP contribution < -0.4 is 11.1 Å². The Kier molecular flexibility index (Phi) is 4.46. The van der Waals surface area contributed by atoms with Gasteiger partial charge in [-0.1, -0.05) is 0 Å². The number of ether oxygens (including phenoxy) is 1. The molecule has 1 atom stereocenters. The van der Waals surface area contributed by atoms with Gasteiger partial charge in [0.15, 0.2) is 0 Å². The third-order valence-electron chi connectivity index (χ3n) is 3.17. The fourth-order valence-electron chi connectivity index (χ4n) is 2.05. The Morgan fingerprint density at radius 2 is 2.45 bits per heavy atom. The maximum absolute atomic E-state index is 12.0. The number of rotatable bonds is 4. The molecule has 1 saturated heterocycles. The summed E-state index contributed by atoms with van der Waals surface area (Å²) in [5.41, 5.74) is 5.35. The van der Waals surface area contributed by atoms with Crippen molar-refractivity contribution in [3.05, 3.63) is 27.9 Å². The average Bonchev–Trinajstić information content (AvgIpc) is 2.46. The number of nitrogen functional groups attached to an aromatic ring is 1. The molecule has 108 valence electrons. The van der Waals surface area contributed by atoms with Gasteiger partial charge in [0, 0.05) is 19.2 Å². The van der Waals surface area contributed by atoms with E-state index in [0.717, 1.165) is 31.7 Å². The first-order chi connectivity index (χ1) is 9.58. The minimum Gasteiger partial charge on any atom is -0.383 e. The van der Waals surface area contributed by atoms with Gasteiger partial charge in [-0.15, -0.1) is 0 Å². The van der Waals surface area contributed by atoms with Crippen molar-refractivity contribution in [2.45, 2.75) is 12.8 Å². The molecule has 8 heteroatoms. The lowest BCUT2D eigenvalue weighted by Crippen LogP contribution is -2.33. The van der Waals surface area contributed by atoms with Gasteiger partial charge < -0.3 is 15.8 Å². The number of hydrogen-bond acceptors (Lipinski definition) is 6. The van der Waals surface area contributed by atoms with Crippen LogP contribution >= 0.6 is 0 Å². The highest BCUT2D eigenvalue weighted by atomic mass is 16.6. The van der Waals surface area contributed by atoms with Gasteiger partial charge >= 0.3 is 0 Å². The minimum atomic E-state index is -0.613. The zero-order valence-corrected chi connectivity index (χ0v) is 10.9. The number of aromatic nitrogens is 1. The molecule has 0 saturated carbocycles. The molecular weight excluding hydrogens is 264 g/mol. The van der Waals surface area contributed by atoms with E-state index in [-0.39, 0.29) is 23.0 Å². The minimum absolute atomic E-state index is 0.0204. The van der Waals surface area contributed by atoms with Crippen LogP contribution in [-0.4, -0.2) is 35.6 Å². The van der Waals surface area contributed by atoms with Crippen LogP contribution in [0.1, 0.15) is 23.2 Å². The second-order valence-electron chi connectivity index (χ2n) is 4.68. The van der Waals surface area contributed by atoms with Gasteiger partial charge in [-0.3, -0.25) is 14.9 Å². The number of anilines is 1. The molecule has 2 rings (SSSR count). The number of nitrogens with one attached hydrogen (secondary N) is 1. The van der Waals surface area contributed by atoms with Crippen LogP contribution in [0, 0.1) is 16.0 Å². The first-order valence-corrected chi connectivity index (χ1v) is 6.34. The van der Waals surface area contributed by atoms with Gasteiger partial charge in [-0.2, -0.15) is 0 Å². The average molecular weight is 280 g/mol. The van der Waals surface area contributed by atoms with Crippen LogP contribution in [-0.2, 0) is 4.74 Å². The molecule has 0 radical (unpaired) electrons. The van der Waals surface area contributed by atoms with Crippen LogP contribution in [0.3, 0.4) is 0 Å². The zero-order chi connectivity index (χ0) is 14.5. The van der Waals surface area contributed by atoms with Crippen molar-refractivity contribution < 1.29 is 14.5 Å². The molecule has 1 aliphatic heterocycles. The quantitative estimate of drug-likeness (QED) is 0.619. The highest BCUT2D eigenvalue weighted by molar-refractivity contribution is 5.98. The van der Waals surface area contributed by atoms with Gasteiger partial charge in [-0.25, -0.2) is 4.98 Å². The van der Waals surface area contributed by atoms with Gasteiger partial charge in [0.25, 0.3) is 11.6 Å². The summed E-state index contributed by atoms with van der Waals surface area (Å²) in [5.74, 6) is -0.210. The molecular formula is C12H16N4O4. The summed E-state index contributed by atoms with van der Waals surface area (Å²) >= 11 is 0. The van der Waals surface area contributed by atoms with Crippen molar-refractivity contribution in [2.75, 3.05) is 25.5 Å². The number of amides is 1. The van der Waals surface area contributed by atoms with Crippen LogP contribution in [0.5, 0.6) is 0 Å². The number of hydrogen-bond donors (Lipinski definition) is 2. The van der Waals surface area contributed by atoms with E-state index in [9.17, 15) is 14.9 Å². The van der Waals surface area contributed by atoms with Gasteiger partial charge in [-0.05, 0) is 18.8 Å². The molecule has 20 heavy (non-hydrogen) atoms. The normalized spacial score (nSPS) is 18.5. The van der Waals surface area contributed by atoms with E-state index in [0.29, 0.717) is 13.2 Å². The monoisotopic (exact) mass is 280 g/mol. The summed E-state index contributed by atoms with van der Waals surface area (Å²) in [4.78, 5) is 25.7.